The van der Waals surface area contributed by atoms with Gasteiger partial charge in [-0.25, -0.2) is 12.8 Å². The quantitative estimate of drug-likeness (QED) is 0.856. The lowest BCUT2D eigenvalue weighted by atomic mass is 10.1. The van der Waals surface area contributed by atoms with Gasteiger partial charge in [0.05, 0.1) is 4.90 Å². The molecule has 0 saturated heterocycles. The summed E-state index contributed by atoms with van der Waals surface area (Å²) in [6, 6.07) is 7.19. The van der Waals surface area contributed by atoms with Crippen molar-refractivity contribution in [2.45, 2.75) is 25.7 Å². The maximum absolute atomic E-state index is 13.2. The maximum Gasteiger partial charge on any atom is 0.262 e. The van der Waals surface area contributed by atoms with Crippen LogP contribution in [0.25, 0.3) is 0 Å². The Labute approximate surface area is 123 Å². The molecule has 0 fully saturated rings. The fraction of sp³-hybridized carbons (Fsp3) is 0.200. The van der Waals surface area contributed by atoms with Crippen LogP contribution in [0.15, 0.2) is 35.2 Å². The largest absolute Gasteiger partial charge is 0.399 e. The van der Waals surface area contributed by atoms with Crippen LogP contribution in [0, 0.1) is 26.6 Å². The number of nitrogens with one attached hydrogen (secondary N) is 1. The topological polar surface area (TPSA) is 72.2 Å². The van der Waals surface area contributed by atoms with Crippen molar-refractivity contribution in [2.24, 2.45) is 0 Å². The lowest BCUT2D eigenvalue weighted by molar-refractivity contribution is 0.600. The van der Waals surface area contributed by atoms with Gasteiger partial charge in [-0.3, -0.25) is 4.72 Å². The van der Waals surface area contributed by atoms with Crippen molar-refractivity contribution in [2.75, 3.05) is 10.5 Å². The van der Waals surface area contributed by atoms with E-state index in [1.54, 1.807) is 26.8 Å². The van der Waals surface area contributed by atoms with Crippen molar-refractivity contribution in [3.8, 4) is 0 Å². The first-order chi connectivity index (χ1) is 9.70. The molecule has 0 aliphatic carbocycles. The van der Waals surface area contributed by atoms with Crippen molar-refractivity contribution in [3.05, 3.63) is 52.8 Å². The van der Waals surface area contributed by atoms with Gasteiger partial charge in [0, 0.05) is 11.4 Å². The second kappa shape index (κ2) is 5.37. The Morgan fingerprint density at radius 3 is 2.33 bits per heavy atom. The SMILES string of the molecule is Cc1cc(NS(=O)(=O)c2cc(N)cc(C)c2C)ccc1F. The van der Waals surface area contributed by atoms with Crippen LogP contribution >= 0.6 is 0 Å². The number of anilines is 2. The van der Waals surface area contributed by atoms with Crippen LogP contribution in [0.4, 0.5) is 15.8 Å². The van der Waals surface area contributed by atoms with Crippen molar-refractivity contribution >= 4 is 21.4 Å². The van der Waals surface area contributed by atoms with E-state index in [-0.39, 0.29) is 10.7 Å². The molecule has 112 valence electrons. The third kappa shape index (κ3) is 3.16. The lowest BCUT2D eigenvalue weighted by Gasteiger charge is -2.13. The monoisotopic (exact) mass is 308 g/mol. The van der Waals surface area contributed by atoms with E-state index >= 15 is 0 Å². The molecule has 2 rings (SSSR count). The molecule has 0 aromatic heterocycles. The van der Waals surface area contributed by atoms with E-state index in [1.807, 2.05) is 0 Å². The summed E-state index contributed by atoms with van der Waals surface area (Å²) in [6.45, 7) is 5.09. The normalized spacial score (nSPS) is 11.4. The molecule has 2 aromatic rings. The number of sulfonamides is 1. The molecule has 0 unspecified atom stereocenters. The minimum Gasteiger partial charge on any atom is -0.399 e. The minimum atomic E-state index is -3.77. The fourth-order valence-corrected chi connectivity index (χ4v) is 3.45. The minimum absolute atomic E-state index is 0.127. The predicted molar refractivity (Wildman–Crippen MR) is 82.3 cm³/mol. The number of benzene rings is 2. The van der Waals surface area contributed by atoms with E-state index in [4.69, 9.17) is 5.73 Å². The molecule has 0 heterocycles. The van der Waals surface area contributed by atoms with Gasteiger partial charge in [0.15, 0.2) is 0 Å². The molecule has 0 bridgehead atoms. The average molecular weight is 308 g/mol. The highest BCUT2D eigenvalue weighted by Gasteiger charge is 2.19. The Morgan fingerprint density at radius 1 is 1.05 bits per heavy atom. The van der Waals surface area contributed by atoms with Crippen molar-refractivity contribution in [1.29, 1.82) is 0 Å². The van der Waals surface area contributed by atoms with Gasteiger partial charge in [0.1, 0.15) is 5.82 Å². The summed E-state index contributed by atoms with van der Waals surface area (Å²) in [4.78, 5) is 0.127. The zero-order valence-corrected chi connectivity index (χ0v) is 12.9. The summed E-state index contributed by atoms with van der Waals surface area (Å²) in [5.74, 6) is -0.381. The maximum atomic E-state index is 13.2. The molecule has 0 aliphatic heterocycles. The number of rotatable bonds is 3. The molecule has 3 N–H and O–H groups in total. The third-order valence-corrected chi connectivity index (χ3v) is 4.85. The van der Waals surface area contributed by atoms with Crippen LogP contribution in [-0.4, -0.2) is 8.42 Å². The van der Waals surface area contributed by atoms with Gasteiger partial charge < -0.3 is 5.73 Å². The van der Waals surface area contributed by atoms with Gasteiger partial charge in [-0.1, -0.05) is 0 Å². The van der Waals surface area contributed by atoms with Gasteiger partial charge in [-0.2, -0.15) is 0 Å². The highest BCUT2D eigenvalue weighted by molar-refractivity contribution is 7.92. The highest BCUT2D eigenvalue weighted by atomic mass is 32.2. The number of hydrogen-bond acceptors (Lipinski definition) is 3. The Morgan fingerprint density at radius 2 is 1.71 bits per heavy atom. The molecular weight excluding hydrogens is 291 g/mol. The first kappa shape index (κ1) is 15.3. The van der Waals surface area contributed by atoms with Gasteiger partial charge in [0.25, 0.3) is 10.0 Å². The Bertz CT molecular complexity index is 802. The van der Waals surface area contributed by atoms with Crippen LogP contribution in [-0.2, 0) is 10.0 Å². The molecule has 0 amide bonds. The van der Waals surface area contributed by atoms with Crippen LogP contribution in [0.2, 0.25) is 0 Å². The summed E-state index contributed by atoms with van der Waals surface area (Å²) < 4.78 is 40.6. The number of nitrogen functional groups attached to an aromatic ring is 1. The first-order valence-electron chi connectivity index (χ1n) is 6.36. The Kier molecular flexibility index (Phi) is 3.91. The second-order valence-electron chi connectivity index (χ2n) is 5.03. The van der Waals surface area contributed by atoms with E-state index in [9.17, 15) is 12.8 Å². The molecule has 0 saturated carbocycles. The molecule has 0 spiro atoms. The molecule has 4 nitrogen and oxygen atoms in total. The molecular formula is C15H17FN2O2S. The summed E-state index contributed by atoms with van der Waals surface area (Å²) >= 11 is 0. The molecule has 2 aromatic carbocycles. The highest BCUT2D eigenvalue weighted by Crippen LogP contribution is 2.25. The Balaban J connectivity index is 2.45. The van der Waals surface area contributed by atoms with Crippen LogP contribution < -0.4 is 10.5 Å². The van der Waals surface area contributed by atoms with E-state index < -0.39 is 10.0 Å². The van der Waals surface area contributed by atoms with Gasteiger partial charge in [0.2, 0.25) is 0 Å². The average Bonchev–Trinajstić information content (AvgIpc) is 2.37. The number of halogens is 1. The number of hydrogen-bond donors (Lipinski definition) is 2. The zero-order valence-electron chi connectivity index (χ0n) is 12.1. The number of nitrogens with two attached hydrogens (primary N) is 1. The molecule has 21 heavy (non-hydrogen) atoms. The van der Waals surface area contributed by atoms with Crippen molar-refractivity contribution in [1.82, 2.24) is 0 Å². The van der Waals surface area contributed by atoms with Gasteiger partial charge in [-0.15, -0.1) is 0 Å². The van der Waals surface area contributed by atoms with E-state index in [1.165, 1.54) is 24.3 Å². The molecule has 0 radical (unpaired) electrons. The fourth-order valence-electron chi connectivity index (χ4n) is 2.05. The number of aryl methyl sites for hydroxylation is 2. The van der Waals surface area contributed by atoms with Gasteiger partial charge >= 0.3 is 0 Å². The standard InChI is InChI=1S/C15H17FN2O2S/c1-9-6-12(17)8-15(11(9)3)21(19,20)18-13-4-5-14(16)10(2)7-13/h4-8,18H,17H2,1-3H3. The Hall–Kier alpha value is -2.08. The van der Waals surface area contributed by atoms with Crippen molar-refractivity contribution < 1.29 is 12.8 Å². The summed E-state index contributed by atoms with van der Waals surface area (Å²) in [6.07, 6.45) is 0. The second-order valence-corrected chi connectivity index (χ2v) is 6.68. The summed E-state index contributed by atoms with van der Waals surface area (Å²) in [7, 11) is -3.77. The van der Waals surface area contributed by atoms with Crippen LogP contribution in [0.1, 0.15) is 16.7 Å². The first-order valence-corrected chi connectivity index (χ1v) is 7.85. The molecule has 0 aliphatic rings. The van der Waals surface area contributed by atoms with Crippen LogP contribution in [0.3, 0.4) is 0 Å². The summed E-state index contributed by atoms with van der Waals surface area (Å²) in [5, 5.41) is 0. The third-order valence-electron chi connectivity index (χ3n) is 3.34. The molecule has 6 heteroatoms. The van der Waals surface area contributed by atoms with Gasteiger partial charge in [-0.05, 0) is 67.8 Å². The lowest BCUT2D eigenvalue weighted by Crippen LogP contribution is -2.15. The van der Waals surface area contributed by atoms with Crippen molar-refractivity contribution in [3.63, 3.8) is 0 Å². The van der Waals surface area contributed by atoms with E-state index in [0.717, 1.165) is 5.56 Å². The smallest absolute Gasteiger partial charge is 0.262 e. The summed E-state index contributed by atoms with van der Waals surface area (Å²) in [5.41, 5.74) is 8.22. The van der Waals surface area contributed by atoms with E-state index in [2.05, 4.69) is 4.72 Å². The predicted octanol–water partition coefficient (Wildman–Crippen LogP) is 3.13. The van der Waals surface area contributed by atoms with Crippen LogP contribution in [0.5, 0.6) is 0 Å². The van der Waals surface area contributed by atoms with E-state index in [0.29, 0.717) is 22.5 Å². The molecule has 0 atom stereocenters. The zero-order chi connectivity index (χ0) is 15.8.